The molecule has 0 atom stereocenters. The molecule has 0 aliphatic heterocycles. The summed E-state index contributed by atoms with van der Waals surface area (Å²) in [7, 11) is -9.51. The SMILES string of the molecule is Nc1ccc(C(=C(c2ccccc2)c2ccc(N)cc2S(=O)(=O)O)c2ccccc2)c(S(=O)(=O)O)c1. The van der Waals surface area contributed by atoms with Crippen molar-refractivity contribution < 1.29 is 25.9 Å². The van der Waals surface area contributed by atoms with Gasteiger partial charge in [-0.25, -0.2) is 0 Å². The molecule has 4 aromatic rings. The van der Waals surface area contributed by atoms with Crippen molar-refractivity contribution in [3.05, 3.63) is 119 Å². The van der Waals surface area contributed by atoms with Crippen molar-refractivity contribution in [3.8, 4) is 0 Å². The molecule has 8 nitrogen and oxygen atoms in total. The van der Waals surface area contributed by atoms with Crippen molar-refractivity contribution in [1.82, 2.24) is 0 Å². The third-order valence-corrected chi connectivity index (χ3v) is 7.27. The maximum atomic E-state index is 12.4. The van der Waals surface area contributed by atoms with E-state index in [0.29, 0.717) is 11.1 Å². The highest BCUT2D eigenvalue weighted by Gasteiger charge is 2.27. The van der Waals surface area contributed by atoms with Crippen LogP contribution in [0.3, 0.4) is 0 Å². The summed E-state index contributed by atoms with van der Waals surface area (Å²) < 4.78 is 69.9. The molecule has 184 valence electrons. The number of rotatable bonds is 6. The van der Waals surface area contributed by atoms with E-state index in [1.165, 1.54) is 24.3 Å². The lowest BCUT2D eigenvalue weighted by molar-refractivity contribution is 0.480. The Morgan fingerprint density at radius 2 is 0.861 bits per heavy atom. The van der Waals surface area contributed by atoms with Crippen LogP contribution >= 0.6 is 0 Å². The Morgan fingerprint density at radius 3 is 1.17 bits per heavy atom. The molecule has 0 aliphatic rings. The summed E-state index contributed by atoms with van der Waals surface area (Å²) >= 11 is 0. The molecule has 0 amide bonds. The zero-order valence-electron chi connectivity index (χ0n) is 18.7. The van der Waals surface area contributed by atoms with Gasteiger partial charge in [-0.3, -0.25) is 9.11 Å². The van der Waals surface area contributed by atoms with E-state index in [1.54, 1.807) is 60.7 Å². The van der Waals surface area contributed by atoms with Crippen LogP contribution in [0, 0.1) is 0 Å². The normalized spacial score (nSPS) is 12.7. The summed E-state index contributed by atoms with van der Waals surface area (Å²) in [6, 6.07) is 25.4. The highest BCUT2D eigenvalue weighted by Crippen LogP contribution is 2.41. The first-order valence-corrected chi connectivity index (χ1v) is 13.4. The summed E-state index contributed by atoms with van der Waals surface area (Å²) in [5.41, 5.74) is 13.6. The van der Waals surface area contributed by atoms with Crippen LogP contribution in [0.5, 0.6) is 0 Å². The molecular weight excluding hydrogens is 500 g/mol. The number of benzene rings is 4. The molecule has 0 aliphatic carbocycles. The minimum atomic E-state index is -4.75. The van der Waals surface area contributed by atoms with Gasteiger partial charge in [-0.05, 0) is 46.5 Å². The molecule has 0 saturated carbocycles. The lowest BCUT2D eigenvalue weighted by atomic mass is 9.85. The zero-order valence-corrected chi connectivity index (χ0v) is 20.4. The number of anilines is 2. The first kappa shape index (κ1) is 25.1. The smallest absolute Gasteiger partial charge is 0.295 e. The van der Waals surface area contributed by atoms with E-state index in [9.17, 15) is 25.9 Å². The van der Waals surface area contributed by atoms with E-state index >= 15 is 0 Å². The van der Waals surface area contributed by atoms with Gasteiger partial charge in [-0.1, -0.05) is 72.8 Å². The van der Waals surface area contributed by atoms with E-state index in [4.69, 9.17) is 11.5 Å². The molecule has 0 unspecified atom stereocenters. The Balaban J connectivity index is 2.30. The maximum Gasteiger partial charge on any atom is 0.295 e. The standard InChI is InChI=1S/C26H22N2O6S2/c27-19-11-13-21(23(15-19)35(29,30)31)25(17-7-3-1-4-8-17)26(18-9-5-2-6-10-18)22-14-12-20(28)16-24(22)36(32,33)34/h1-16H,27-28H2,(H,29,30,31)(H,32,33,34). The van der Waals surface area contributed by atoms with Gasteiger partial charge in [-0.2, -0.15) is 16.8 Å². The Morgan fingerprint density at radius 1 is 0.528 bits per heavy atom. The fraction of sp³-hybridized carbons (Fsp3) is 0. The van der Waals surface area contributed by atoms with Crippen LogP contribution in [-0.4, -0.2) is 25.9 Å². The maximum absolute atomic E-state index is 12.4. The molecule has 0 aromatic heterocycles. The van der Waals surface area contributed by atoms with Crippen LogP contribution in [0.15, 0.2) is 107 Å². The number of nitrogen functional groups attached to an aromatic ring is 2. The van der Waals surface area contributed by atoms with Crippen molar-refractivity contribution in [2.75, 3.05) is 11.5 Å². The average Bonchev–Trinajstić information content (AvgIpc) is 2.83. The number of hydrogen-bond donors (Lipinski definition) is 4. The molecular formula is C26H22N2O6S2. The second-order valence-electron chi connectivity index (χ2n) is 7.94. The molecule has 0 radical (unpaired) electrons. The predicted octanol–water partition coefficient (Wildman–Crippen LogP) is 4.35. The van der Waals surface area contributed by atoms with Crippen molar-refractivity contribution in [2.24, 2.45) is 0 Å². The Hall–Kier alpha value is -3.96. The predicted molar refractivity (Wildman–Crippen MR) is 139 cm³/mol. The molecule has 0 saturated heterocycles. The van der Waals surface area contributed by atoms with Gasteiger partial charge in [0.15, 0.2) is 0 Å². The van der Waals surface area contributed by atoms with Gasteiger partial charge in [0.1, 0.15) is 9.79 Å². The molecule has 0 spiro atoms. The van der Waals surface area contributed by atoms with Crippen LogP contribution in [0.4, 0.5) is 11.4 Å². The molecule has 36 heavy (non-hydrogen) atoms. The second-order valence-corrected chi connectivity index (χ2v) is 10.7. The zero-order chi connectivity index (χ0) is 26.1. The van der Waals surface area contributed by atoms with E-state index < -0.39 is 30.0 Å². The minimum Gasteiger partial charge on any atom is -0.399 e. The first-order valence-electron chi connectivity index (χ1n) is 10.6. The molecule has 4 aromatic carbocycles. The number of hydrogen-bond acceptors (Lipinski definition) is 6. The Labute approximate surface area is 209 Å². The van der Waals surface area contributed by atoms with E-state index in [1.807, 2.05) is 0 Å². The van der Waals surface area contributed by atoms with Crippen LogP contribution < -0.4 is 11.5 Å². The van der Waals surface area contributed by atoms with Crippen molar-refractivity contribution in [2.45, 2.75) is 9.79 Å². The van der Waals surface area contributed by atoms with Crippen LogP contribution in [0.25, 0.3) is 11.1 Å². The average molecular weight is 523 g/mol. The van der Waals surface area contributed by atoms with Gasteiger partial charge in [0, 0.05) is 22.5 Å². The monoisotopic (exact) mass is 522 g/mol. The largest absolute Gasteiger partial charge is 0.399 e. The summed E-state index contributed by atoms with van der Waals surface area (Å²) in [5, 5.41) is 0. The minimum absolute atomic E-state index is 0.0786. The molecule has 4 rings (SSSR count). The first-order chi connectivity index (χ1) is 17.0. The highest BCUT2D eigenvalue weighted by molar-refractivity contribution is 7.86. The lowest BCUT2D eigenvalue weighted by Crippen LogP contribution is -2.09. The van der Waals surface area contributed by atoms with E-state index in [2.05, 4.69) is 0 Å². The Kier molecular flexibility index (Phi) is 6.70. The number of nitrogens with two attached hydrogens (primary N) is 2. The third kappa shape index (κ3) is 5.16. The lowest BCUT2D eigenvalue weighted by Gasteiger charge is -2.21. The highest BCUT2D eigenvalue weighted by atomic mass is 32.2. The summed E-state index contributed by atoms with van der Waals surface area (Å²) in [6.45, 7) is 0. The summed E-state index contributed by atoms with van der Waals surface area (Å²) in [4.78, 5) is -0.919. The molecule has 0 fully saturated rings. The topological polar surface area (TPSA) is 161 Å². The molecule has 10 heteroatoms. The third-order valence-electron chi connectivity index (χ3n) is 5.48. The summed E-state index contributed by atoms with van der Waals surface area (Å²) in [5.74, 6) is 0. The summed E-state index contributed by atoms with van der Waals surface area (Å²) in [6.07, 6.45) is 0. The van der Waals surface area contributed by atoms with Gasteiger partial charge >= 0.3 is 0 Å². The second kappa shape index (κ2) is 9.59. The fourth-order valence-electron chi connectivity index (χ4n) is 4.00. The quantitative estimate of drug-likeness (QED) is 0.165. The molecule has 0 bridgehead atoms. The van der Waals surface area contributed by atoms with Gasteiger partial charge in [0.05, 0.1) is 0 Å². The van der Waals surface area contributed by atoms with Gasteiger partial charge in [0.2, 0.25) is 0 Å². The van der Waals surface area contributed by atoms with E-state index in [0.717, 1.165) is 12.1 Å². The van der Waals surface area contributed by atoms with Gasteiger partial charge in [0.25, 0.3) is 20.2 Å². The van der Waals surface area contributed by atoms with E-state index in [-0.39, 0.29) is 33.6 Å². The van der Waals surface area contributed by atoms with Crippen LogP contribution in [0.1, 0.15) is 22.3 Å². The van der Waals surface area contributed by atoms with Crippen molar-refractivity contribution >= 4 is 42.8 Å². The van der Waals surface area contributed by atoms with Crippen LogP contribution in [0.2, 0.25) is 0 Å². The molecule has 0 heterocycles. The Bertz CT molecular complexity index is 1560. The molecule has 6 N–H and O–H groups in total. The van der Waals surface area contributed by atoms with Gasteiger partial charge < -0.3 is 11.5 Å². The van der Waals surface area contributed by atoms with Crippen LogP contribution in [-0.2, 0) is 20.2 Å². The van der Waals surface area contributed by atoms with Gasteiger partial charge in [-0.15, -0.1) is 0 Å². The van der Waals surface area contributed by atoms with Crippen molar-refractivity contribution in [3.63, 3.8) is 0 Å². The van der Waals surface area contributed by atoms with Crippen molar-refractivity contribution in [1.29, 1.82) is 0 Å². The fourth-order valence-corrected chi connectivity index (χ4v) is 5.46.